The summed E-state index contributed by atoms with van der Waals surface area (Å²) in [7, 11) is 0. The third-order valence-electron chi connectivity index (χ3n) is 7.41. The summed E-state index contributed by atoms with van der Waals surface area (Å²) in [5.41, 5.74) is 9.91. The molecule has 5 aromatic rings. The highest BCUT2D eigenvalue weighted by Gasteiger charge is 2.27. The summed E-state index contributed by atoms with van der Waals surface area (Å²) in [5.74, 6) is 2.31. The van der Waals surface area contributed by atoms with Gasteiger partial charge in [-0.05, 0) is 55.3 Å². The molecule has 6 rings (SSSR count). The second kappa shape index (κ2) is 11.6. The number of rotatable bonds is 7. The van der Waals surface area contributed by atoms with Gasteiger partial charge in [-0.15, -0.1) is 0 Å². The van der Waals surface area contributed by atoms with Crippen molar-refractivity contribution >= 4 is 22.8 Å². The third kappa shape index (κ3) is 5.45. The lowest BCUT2D eigenvalue weighted by atomic mass is 10.1. The molecule has 2 N–H and O–H groups in total. The van der Waals surface area contributed by atoms with Crippen LogP contribution in [0.25, 0.3) is 22.3 Å². The number of nitrogens with zero attached hydrogens (tertiary/aromatic N) is 6. The third-order valence-corrected chi connectivity index (χ3v) is 7.41. The molecule has 10 heteroatoms. The fourth-order valence-electron chi connectivity index (χ4n) is 5.25. The first-order valence-corrected chi connectivity index (χ1v) is 13.7. The molecule has 1 saturated heterocycles. The van der Waals surface area contributed by atoms with Crippen molar-refractivity contribution in [3.8, 4) is 34.6 Å². The van der Waals surface area contributed by atoms with Crippen molar-refractivity contribution in [1.82, 2.24) is 24.6 Å². The van der Waals surface area contributed by atoms with E-state index in [4.69, 9.17) is 20.3 Å². The van der Waals surface area contributed by atoms with E-state index in [0.29, 0.717) is 51.9 Å². The molecule has 0 aliphatic carbocycles. The maximum absolute atomic E-state index is 12.0. The van der Waals surface area contributed by atoms with Crippen molar-refractivity contribution in [3.63, 3.8) is 0 Å². The molecule has 0 bridgehead atoms. The standard InChI is InChI=1S/C32H29N7O3/c1-21(40)38-15-5-8-25(18-38)39-32-29(31(34)35-20-36-32)30(37-39)22-11-13-26(14-12-22)42-28-10-4-9-27(16-28)41-19-24-7-3-2-6-23(24)17-33/h2-4,6-7,9-14,16,20,25H,5,8,15,18-19H2,1H3,(H2,34,35,36). The molecule has 3 aromatic carbocycles. The van der Waals surface area contributed by atoms with Gasteiger partial charge in [-0.1, -0.05) is 24.3 Å². The topological polar surface area (TPSA) is 132 Å². The minimum atomic E-state index is -0.00122. The van der Waals surface area contributed by atoms with Gasteiger partial charge in [-0.3, -0.25) is 4.79 Å². The van der Waals surface area contributed by atoms with E-state index < -0.39 is 0 Å². The summed E-state index contributed by atoms with van der Waals surface area (Å²) >= 11 is 0. The Kier molecular flexibility index (Phi) is 7.39. The van der Waals surface area contributed by atoms with Crippen LogP contribution in [0.15, 0.2) is 79.1 Å². The van der Waals surface area contributed by atoms with Gasteiger partial charge in [0.15, 0.2) is 5.65 Å². The number of carbonyl (C=O) groups is 1. The number of ether oxygens (including phenoxy) is 2. The van der Waals surface area contributed by atoms with Gasteiger partial charge >= 0.3 is 0 Å². The van der Waals surface area contributed by atoms with Crippen molar-refractivity contribution < 1.29 is 14.3 Å². The van der Waals surface area contributed by atoms with E-state index in [1.165, 1.54) is 6.33 Å². The number of likely N-dealkylation sites (tertiary alicyclic amines) is 1. The molecular formula is C32H29N7O3. The molecule has 0 radical (unpaired) electrons. The molecule has 3 heterocycles. The van der Waals surface area contributed by atoms with E-state index in [2.05, 4.69) is 16.0 Å². The van der Waals surface area contributed by atoms with Crippen LogP contribution in [-0.2, 0) is 11.4 Å². The molecule has 210 valence electrons. The smallest absolute Gasteiger partial charge is 0.219 e. The van der Waals surface area contributed by atoms with Gasteiger partial charge in [-0.2, -0.15) is 10.4 Å². The average molecular weight is 560 g/mol. The first kappa shape index (κ1) is 26.8. The summed E-state index contributed by atoms with van der Waals surface area (Å²) in [5, 5.41) is 14.9. The van der Waals surface area contributed by atoms with Crippen LogP contribution in [0.5, 0.6) is 17.2 Å². The van der Waals surface area contributed by atoms with Crippen LogP contribution in [0.2, 0.25) is 0 Å². The van der Waals surface area contributed by atoms with Gasteiger partial charge in [-0.25, -0.2) is 14.6 Å². The number of benzene rings is 3. The molecule has 2 aromatic heterocycles. The molecule has 1 unspecified atom stereocenters. The van der Waals surface area contributed by atoms with Crippen LogP contribution in [0.4, 0.5) is 5.82 Å². The van der Waals surface area contributed by atoms with Gasteiger partial charge < -0.3 is 20.1 Å². The lowest BCUT2D eigenvalue weighted by Crippen LogP contribution is -2.39. The van der Waals surface area contributed by atoms with Crippen LogP contribution >= 0.6 is 0 Å². The number of amides is 1. The number of aromatic nitrogens is 4. The Labute approximate surface area is 242 Å². The van der Waals surface area contributed by atoms with Gasteiger partial charge in [0.1, 0.15) is 41.7 Å². The largest absolute Gasteiger partial charge is 0.489 e. The highest BCUT2D eigenvalue weighted by molar-refractivity contribution is 5.98. The normalized spacial score (nSPS) is 14.9. The Bertz CT molecular complexity index is 1790. The Balaban J connectivity index is 1.21. The lowest BCUT2D eigenvalue weighted by molar-refractivity contribution is -0.130. The molecule has 1 aliphatic rings. The molecule has 0 spiro atoms. The second-order valence-electron chi connectivity index (χ2n) is 10.2. The molecule has 10 nitrogen and oxygen atoms in total. The molecule has 1 atom stereocenters. The first-order chi connectivity index (χ1) is 20.5. The lowest BCUT2D eigenvalue weighted by Gasteiger charge is -2.32. The monoisotopic (exact) mass is 559 g/mol. The molecule has 1 amide bonds. The predicted octanol–water partition coefficient (Wildman–Crippen LogP) is 5.50. The van der Waals surface area contributed by atoms with E-state index in [1.807, 2.05) is 76.3 Å². The Morgan fingerprint density at radius 1 is 1.05 bits per heavy atom. The average Bonchev–Trinajstić information content (AvgIpc) is 3.42. The summed E-state index contributed by atoms with van der Waals surface area (Å²) in [6, 6.07) is 24.5. The van der Waals surface area contributed by atoms with E-state index in [0.717, 1.165) is 30.5 Å². The zero-order valence-corrected chi connectivity index (χ0v) is 23.1. The van der Waals surface area contributed by atoms with Crippen LogP contribution in [0, 0.1) is 11.3 Å². The Morgan fingerprint density at radius 3 is 2.67 bits per heavy atom. The SMILES string of the molecule is CC(=O)N1CCCC(n2nc(-c3ccc(Oc4cccc(OCc5ccccc5C#N)c4)cc3)c3c(N)ncnc32)C1. The summed E-state index contributed by atoms with van der Waals surface area (Å²) < 4.78 is 13.9. The maximum Gasteiger partial charge on any atom is 0.219 e. The van der Waals surface area contributed by atoms with Crippen molar-refractivity contribution in [2.24, 2.45) is 0 Å². The zero-order valence-electron chi connectivity index (χ0n) is 23.1. The number of nitrogens with two attached hydrogens (primary N) is 1. The van der Waals surface area contributed by atoms with Crippen LogP contribution in [0.1, 0.15) is 36.9 Å². The molecule has 1 fully saturated rings. The maximum atomic E-state index is 12.0. The van der Waals surface area contributed by atoms with E-state index >= 15 is 0 Å². The minimum absolute atomic E-state index is 0.00122. The number of fused-ring (bicyclic) bond motifs is 1. The number of piperidine rings is 1. The molecular weight excluding hydrogens is 530 g/mol. The molecule has 42 heavy (non-hydrogen) atoms. The van der Waals surface area contributed by atoms with Gasteiger partial charge in [0.25, 0.3) is 0 Å². The Hall–Kier alpha value is -5.43. The van der Waals surface area contributed by atoms with Crippen LogP contribution in [0.3, 0.4) is 0 Å². The number of hydrogen-bond acceptors (Lipinski definition) is 8. The summed E-state index contributed by atoms with van der Waals surface area (Å²) in [6.45, 7) is 3.21. The first-order valence-electron chi connectivity index (χ1n) is 13.7. The van der Waals surface area contributed by atoms with E-state index in [-0.39, 0.29) is 18.6 Å². The fraction of sp³-hybridized carbons (Fsp3) is 0.219. The molecule has 0 saturated carbocycles. The van der Waals surface area contributed by atoms with Gasteiger partial charge in [0.05, 0.1) is 23.1 Å². The summed E-state index contributed by atoms with van der Waals surface area (Å²) in [4.78, 5) is 22.6. The van der Waals surface area contributed by atoms with E-state index in [9.17, 15) is 10.1 Å². The minimum Gasteiger partial charge on any atom is -0.489 e. The second-order valence-corrected chi connectivity index (χ2v) is 10.2. The number of nitrogen functional groups attached to an aromatic ring is 1. The fourth-order valence-corrected chi connectivity index (χ4v) is 5.25. The van der Waals surface area contributed by atoms with Crippen LogP contribution < -0.4 is 15.2 Å². The van der Waals surface area contributed by atoms with Crippen molar-refractivity contribution in [2.75, 3.05) is 18.8 Å². The highest BCUT2D eigenvalue weighted by atomic mass is 16.5. The van der Waals surface area contributed by atoms with Crippen molar-refractivity contribution in [1.29, 1.82) is 5.26 Å². The van der Waals surface area contributed by atoms with Crippen molar-refractivity contribution in [3.05, 3.63) is 90.3 Å². The van der Waals surface area contributed by atoms with Gasteiger partial charge in [0.2, 0.25) is 5.91 Å². The summed E-state index contributed by atoms with van der Waals surface area (Å²) in [6.07, 6.45) is 3.24. The van der Waals surface area contributed by atoms with Gasteiger partial charge in [0, 0.05) is 37.2 Å². The zero-order chi connectivity index (χ0) is 29.1. The van der Waals surface area contributed by atoms with Crippen LogP contribution in [-0.4, -0.2) is 43.6 Å². The highest BCUT2D eigenvalue weighted by Crippen LogP contribution is 2.35. The number of hydrogen-bond donors (Lipinski definition) is 1. The van der Waals surface area contributed by atoms with E-state index in [1.54, 1.807) is 13.0 Å². The predicted molar refractivity (Wildman–Crippen MR) is 158 cm³/mol. The van der Waals surface area contributed by atoms with Crippen molar-refractivity contribution in [2.45, 2.75) is 32.4 Å². The number of carbonyl (C=O) groups excluding carboxylic acids is 1. The number of nitriles is 1. The number of anilines is 1. The molecule has 1 aliphatic heterocycles. The Morgan fingerprint density at radius 2 is 1.86 bits per heavy atom. The quantitative estimate of drug-likeness (QED) is 0.276.